The number of phenols is 1. The number of ketones is 1. The number of Topliss-reactive ketones (excluding diaryl/α,β-unsaturated/α-hetero) is 1. The molecule has 23 heavy (non-hydrogen) atoms. The van der Waals surface area contributed by atoms with Gasteiger partial charge in [-0.1, -0.05) is 13.0 Å². The molecule has 0 bridgehead atoms. The van der Waals surface area contributed by atoms with Crippen molar-refractivity contribution in [2.45, 2.75) is 51.4 Å². The molecule has 0 unspecified atom stereocenters. The first-order chi connectivity index (χ1) is 11.0. The first-order valence-electron chi connectivity index (χ1n) is 8.30. The van der Waals surface area contributed by atoms with Gasteiger partial charge < -0.3 is 5.11 Å². The number of fused-ring (bicyclic) bond motifs is 5. The van der Waals surface area contributed by atoms with Gasteiger partial charge >= 0.3 is 0 Å². The molecule has 5 heteroatoms. The highest BCUT2D eigenvalue weighted by Gasteiger charge is 2.54. The van der Waals surface area contributed by atoms with E-state index in [1.165, 1.54) is 17.5 Å². The second-order valence-electron chi connectivity index (χ2n) is 7.29. The van der Waals surface area contributed by atoms with Gasteiger partial charge in [0.05, 0.1) is 0 Å². The number of aromatic hydroxyl groups is 1. The Hall–Kier alpha value is -0.920. The molecular weight excluding hydrogens is 331 g/mol. The summed E-state index contributed by atoms with van der Waals surface area (Å²) in [5, 5.41) is 9.67. The van der Waals surface area contributed by atoms with E-state index < -0.39 is 0 Å². The van der Waals surface area contributed by atoms with E-state index >= 15 is 0 Å². The van der Waals surface area contributed by atoms with E-state index in [-0.39, 0.29) is 13.2 Å². The summed E-state index contributed by atoms with van der Waals surface area (Å²) in [6, 6.07) is 5.90. The standard InChI is InChI=1S/C18H22O2.ClOP/c1-18-9-8-14-13-5-3-12(19)10-11(13)2-4-15(14)16(18)6-7-17(18)20;1-3-2/h3,5,10,14-16,19H,2,4,6-9H2,1H3;/t14-,15-,16+,18+;/m1./s1. The maximum Gasteiger partial charge on any atom is 0.267 e. The Morgan fingerprint density at radius 3 is 2.74 bits per heavy atom. The highest BCUT2D eigenvalue weighted by atomic mass is 35.7. The third-order valence-electron chi connectivity index (χ3n) is 6.42. The third kappa shape index (κ3) is 2.83. The zero-order valence-corrected chi connectivity index (χ0v) is 14.9. The summed E-state index contributed by atoms with van der Waals surface area (Å²) in [7, 11) is -0.361. The fraction of sp³-hybridized carbons (Fsp3) is 0.611. The Labute approximate surface area is 143 Å². The van der Waals surface area contributed by atoms with Crippen molar-refractivity contribution in [3.8, 4) is 5.75 Å². The lowest BCUT2D eigenvalue weighted by atomic mass is 9.55. The topological polar surface area (TPSA) is 54.4 Å². The van der Waals surface area contributed by atoms with Crippen LogP contribution < -0.4 is 0 Å². The van der Waals surface area contributed by atoms with Crippen LogP contribution in [0.1, 0.15) is 56.1 Å². The molecule has 3 aliphatic rings. The van der Waals surface area contributed by atoms with Gasteiger partial charge in [0.25, 0.3) is 7.81 Å². The van der Waals surface area contributed by atoms with Crippen molar-refractivity contribution in [2.24, 2.45) is 17.3 Å². The highest BCUT2D eigenvalue weighted by molar-refractivity contribution is 7.57. The number of hydrogen-bond acceptors (Lipinski definition) is 3. The van der Waals surface area contributed by atoms with Crippen LogP contribution in [-0.2, 0) is 15.8 Å². The molecule has 4 rings (SSSR count). The van der Waals surface area contributed by atoms with Crippen LogP contribution in [0.5, 0.6) is 5.75 Å². The van der Waals surface area contributed by atoms with Gasteiger partial charge in [-0.25, -0.2) is 0 Å². The Morgan fingerprint density at radius 2 is 2.00 bits per heavy atom. The number of halogens is 1. The lowest BCUT2D eigenvalue weighted by Crippen LogP contribution is -2.42. The molecule has 0 saturated heterocycles. The van der Waals surface area contributed by atoms with Crippen LogP contribution in [0.15, 0.2) is 18.2 Å². The van der Waals surface area contributed by atoms with Crippen LogP contribution in [0.3, 0.4) is 0 Å². The number of aryl methyl sites for hydroxylation is 1. The van der Waals surface area contributed by atoms with Crippen molar-refractivity contribution in [1.29, 1.82) is 0 Å². The van der Waals surface area contributed by atoms with Crippen molar-refractivity contribution in [1.82, 2.24) is 0 Å². The van der Waals surface area contributed by atoms with Crippen molar-refractivity contribution in [2.75, 3.05) is 0 Å². The summed E-state index contributed by atoms with van der Waals surface area (Å²) in [6.07, 6.45) is 6.34. The Kier molecular flexibility index (Phi) is 4.80. The summed E-state index contributed by atoms with van der Waals surface area (Å²) in [5.74, 6) is 2.78. The molecule has 0 radical (unpaired) electrons. The Morgan fingerprint density at radius 1 is 1.26 bits per heavy atom. The largest absolute Gasteiger partial charge is 0.508 e. The van der Waals surface area contributed by atoms with Crippen LogP contribution in [0.2, 0.25) is 0 Å². The summed E-state index contributed by atoms with van der Waals surface area (Å²) in [5.41, 5.74) is 2.75. The molecule has 4 atom stereocenters. The predicted molar refractivity (Wildman–Crippen MR) is 91.2 cm³/mol. The molecule has 0 amide bonds. The van der Waals surface area contributed by atoms with E-state index in [1.807, 2.05) is 12.1 Å². The highest BCUT2D eigenvalue weighted by Crippen LogP contribution is 2.59. The van der Waals surface area contributed by atoms with E-state index in [2.05, 4.69) is 24.2 Å². The van der Waals surface area contributed by atoms with Crippen LogP contribution in [0, 0.1) is 17.3 Å². The monoisotopic (exact) mass is 352 g/mol. The van der Waals surface area contributed by atoms with E-state index in [0.717, 1.165) is 32.1 Å². The Balaban J connectivity index is 0.000000485. The van der Waals surface area contributed by atoms with Gasteiger partial charge in [0, 0.05) is 11.8 Å². The van der Waals surface area contributed by atoms with Crippen LogP contribution in [0.4, 0.5) is 0 Å². The predicted octanol–water partition coefficient (Wildman–Crippen LogP) is 5.25. The number of hydrogen-bond donors (Lipinski definition) is 1. The SMILES string of the molecule is C[C@]12CC[C@@H]3c4ccc(O)cc4CC[C@H]3[C@@H]1CCC2=O.O=PCl. The summed E-state index contributed by atoms with van der Waals surface area (Å²) < 4.78 is 8.67. The molecule has 124 valence electrons. The number of benzene rings is 1. The molecule has 1 aromatic carbocycles. The fourth-order valence-corrected chi connectivity index (χ4v) is 5.34. The quantitative estimate of drug-likeness (QED) is 0.649. The fourth-order valence-electron chi connectivity index (χ4n) is 5.34. The summed E-state index contributed by atoms with van der Waals surface area (Å²) in [4.78, 5) is 12.3. The minimum absolute atomic E-state index is 0.0322. The van der Waals surface area contributed by atoms with Crippen molar-refractivity contribution < 1.29 is 14.5 Å². The normalized spacial score (nSPS) is 34.9. The van der Waals surface area contributed by atoms with Gasteiger partial charge in [-0.05, 0) is 84.4 Å². The Bertz CT molecular complexity index is 633. The van der Waals surface area contributed by atoms with Gasteiger partial charge in [0.1, 0.15) is 11.5 Å². The maximum atomic E-state index is 12.3. The van der Waals surface area contributed by atoms with Crippen molar-refractivity contribution in [3.63, 3.8) is 0 Å². The smallest absolute Gasteiger partial charge is 0.267 e. The molecule has 2 saturated carbocycles. The first kappa shape index (κ1) is 16.9. The zero-order chi connectivity index (χ0) is 16.6. The molecule has 3 aliphatic carbocycles. The number of carbonyl (C=O) groups is 1. The molecule has 0 aliphatic heterocycles. The van der Waals surface area contributed by atoms with Gasteiger partial charge in [0.2, 0.25) is 0 Å². The molecule has 2 fully saturated rings. The van der Waals surface area contributed by atoms with Crippen LogP contribution >= 0.6 is 19.1 Å². The first-order valence-corrected chi connectivity index (χ1v) is 10.0. The van der Waals surface area contributed by atoms with Gasteiger partial charge in [-0.3, -0.25) is 9.36 Å². The van der Waals surface area contributed by atoms with Gasteiger partial charge in [0.15, 0.2) is 0 Å². The molecular formula is C18H22ClO3P. The number of phenolic OH excluding ortho intramolecular Hbond substituents is 1. The van der Waals surface area contributed by atoms with E-state index in [4.69, 9.17) is 4.57 Å². The molecule has 1 aromatic rings. The molecule has 0 heterocycles. The molecule has 0 spiro atoms. The van der Waals surface area contributed by atoms with Crippen LogP contribution in [0.25, 0.3) is 0 Å². The zero-order valence-electron chi connectivity index (χ0n) is 13.3. The summed E-state index contributed by atoms with van der Waals surface area (Å²) in [6.45, 7) is 2.22. The minimum atomic E-state index is -0.361. The van der Waals surface area contributed by atoms with Crippen LogP contribution in [-0.4, -0.2) is 10.9 Å². The molecule has 1 N–H and O–H groups in total. The lowest BCUT2D eigenvalue weighted by Gasteiger charge is -2.48. The van der Waals surface area contributed by atoms with E-state index in [9.17, 15) is 9.90 Å². The van der Waals surface area contributed by atoms with Gasteiger partial charge in [-0.15, -0.1) is 0 Å². The maximum absolute atomic E-state index is 12.3. The summed E-state index contributed by atoms with van der Waals surface area (Å²) >= 11 is 4.42. The van der Waals surface area contributed by atoms with Gasteiger partial charge in [-0.2, -0.15) is 0 Å². The second-order valence-corrected chi connectivity index (χ2v) is 7.84. The average molecular weight is 353 g/mol. The average Bonchev–Trinajstić information content (AvgIpc) is 2.83. The number of carbonyl (C=O) groups excluding carboxylic acids is 1. The number of rotatable bonds is 0. The van der Waals surface area contributed by atoms with Crippen molar-refractivity contribution in [3.05, 3.63) is 29.3 Å². The molecule has 0 aromatic heterocycles. The minimum Gasteiger partial charge on any atom is -0.508 e. The second kappa shape index (κ2) is 6.53. The lowest BCUT2D eigenvalue weighted by molar-refractivity contribution is -0.129. The molecule has 3 nitrogen and oxygen atoms in total. The van der Waals surface area contributed by atoms with Crippen molar-refractivity contribution >= 4 is 24.8 Å². The van der Waals surface area contributed by atoms with E-state index in [0.29, 0.717) is 29.3 Å². The van der Waals surface area contributed by atoms with E-state index in [1.54, 1.807) is 0 Å². The third-order valence-corrected chi connectivity index (χ3v) is 6.42.